The number of nitrogens with zero attached hydrogens (tertiary/aromatic N) is 1. The zero-order valence-corrected chi connectivity index (χ0v) is 7.30. The van der Waals surface area contributed by atoms with Crippen LogP contribution in [0.1, 0.15) is 6.42 Å². The average molecular weight is 204 g/mol. The van der Waals surface area contributed by atoms with Crippen LogP contribution in [-0.4, -0.2) is 28.7 Å². The number of carbonyl (C=O) groups excluding carboxylic acids is 1. The molecule has 0 aromatic heterocycles. The Kier molecular flexibility index (Phi) is 2.49. The Labute approximate surface area is 69.0 Å². The molecule has 10 heavy (non-hydrogen) atoms. The van der Waals surface area contributed by atoms with Crippen molar-refractivity contribution in [2.24, 2.45) is 0 Å². The smallest absolute Gasteiger partial charge is 0.236 e. The molecule has 1 amide bonds. The maximum Gasteiger partial charge on any atom is 0.236 e. The highest BCUT2D eigenvalue weighted by Crippen LogP contribution is 2.17. The highest BCUT2D eigenvalue weighted by Gasteiger charge is 2.27. The quantitative estimate of drug-likeness (QED) is 0.488. The van der Waals surface area contributed by atoms with E-state index in [2.05, 4.69) is 22.5 Å². The molecule has 0 aromatic carbocycles. The molecule has 0 aromatic rings. The molecule has 1 unspecified atom stereocenters. The molecular weight excluding hydrogens is 194 g/mol. The fourth-order valence-electron chi connectivity index (χ4n) is 1.04. The predicted molar refractivity (Wildman–Crippen MR) is 44.1 cm³/mol. The molecule has 0 N–H and O–H groups in total. The van der Waals surface area contributed by atoms with Crippen LogP contribution in [-0.2, 0) is 4.79 Å². The second-order valence-corrected chi connectivity index (χ2v) is 3.43. The number of amides is 1. The molecule has 0 bridgehead atoms. The summed E-state index contributed by atoms with van der Waals surface area (Å²) in [5, 5.41) is 0. The average Bonchev–Trinajstić information content (AvgIpc) is 2.20. The van der Waals surface area contributed by atoms with Crippen molar-refractivity contribution in [3.63, 3.8) is 0 Å². The van der Waals surface area contributed by atoms with E-state index in [4.69, 9.17) is 0 Å². The van der Waals surface area contributed by atoms with Crippen molar-refractivity contribution in [2.75, 3.05) is 13.1 Å². The van der Waals surface area contributed by atoms with Gasteiger partial charge >= 0.3 is 0 Å². The summed E-state index contributed by atoms with van der Waals surface area (Å²) in [6.45, 7) is 5.12. The molecule has 1 saturated heterocycles. The van der Waals surface area contributed by atoms with E-state index in [1.807, 2.05) is 0 Å². The van der Waals surface area contributed by atoms with Crippen molar-refractivity contribution in [3.8, 4) is 0 Å². The normalized spacial score (nSPS) is 25.5. The molecule has 1 aliphatic heterocycles. The maximum atomic E-state index is 11.1. The van der Waals surface area contributed by atoms with Crippen molar-refractivity contribution in [1.82, 2.24) is 4.90 Å². The van der Waals surface area contributed by atoms with E-state index in [0.717, 1.165) is 13.0 Å². The topological polar surface area (TPSA) is 20.3 Å². The van der Waals surface area contributed by atoms with Crippen molar-refractivity contribution in [1.29, 1.82) is 0 Å². The molecule has 0 aliphatic carbocycles. The molecule has 1 fully saturated rings. The van der Waals surface area contributed by atoms with Crippen molar-refractivity contribution in [2.45, 2.75) is 11.2 Å². The number of likely N-dealkylation sites (tertiary alicyclic amines) is 1. The Hall–Kier alpha value is -0.310. The minimum Gasteiger partial charge on any atom is -0.338 e. The largest absolute Gasteiger partial charge is 0.338 e. The van der Waals surface area contributed by atoms with Gasteiger partial charge in [-0.2, -0.15) is 0 Å². The van der Waals surface area contributed by atoms with Crippen LogP contribution in [0.25, 0.3) is 0 Å². The van der Waals surface area contributed by atoms with Crippen molar-refractivity contribution in [3.05, 3.63) is 12.7 Å². The lowest BCUT2D eigenvalue weighted by Gasteiger charge is -2.11. The van der Waals surface area contributed by atoms with E-state index in [0.29, 0.717) is 6.54 Å². The minimum atomic E-state index is 0.0486. The summed E-state index contributed by atoms with van der Waals surface area (Å²) in [5.74, 6) is 0.194. The number of hydrogen-bond donors (Lipinski definition) is 0. The summed E-state index contributed by atoms with van der Waals surface area (Å²) in [4.78, 5) is 13.0. The number of hydrogen-bond acceptors (Lipinski definition) is 1. The summed E-state index contributed by atoms with van der Waals surface area (Å²) in [6, 6.07) is 0. The van der Waals surface area contributed by atoms with Crippen LogP contribution >= 0.6 is 15.9 Å². The summed E-state index contributed by atoms with van der Waals surface area (Å²) in [6.07, 6.45) is 2.68. The fourth-order valence-corrected chi connectivity index (χ4v) is 1.53. The Morgan fingerprint density at radius 3 is 3.00 bits per heavy atom. The van der Waals surface area contributed by atoms with E-state index in [1.54, 1.807) is 11.0 Å². The third-order valence-corrected chi connectivity index (χ3v) is 2.43. The number of alkyl halides is 1. The summed E-state index contributed by atoms with van der Waals surface area (Å²) in [5.41, 5.74) is 0. The maximum absolute atomic E-state index is 11.1. The summed E-state index contributed by atoms with van der Waals surface area (Å²) in [7, 11) is 0. The molecule has 1 rings (SSSR count). The lowest BCUT2D eigenvalue weighted by atomic mass is 10.4. The minimum absolute atomic E-state index is 0.0486. The van der Waals surface area contributed by atoms with Gasteiger partial charge in [-0.3, -0.25) is 4.79 Å². The second kappa shape index (κ2) is 3.19. The molecule has 1 aliphatic rings. The van der Waals surface area contributed by atoms with Gasteiger partial charge in [-0.05, 0) is 6.42 Å². The van der Waals surface area contributed by atoms with Crippen molar-refractivity contribution >= 4 is 21.8 Å². The lowest BCUT2D eigenvalue weighted by molar-refractivity contribution is -0.126. The number of rotatable bonds is 2. The second-order valence-electron chi connectivity index (χ2n) is 2.33. The van der Waals surface area contributed by atoms with Gasteiger partial charge in [-0.25, -0.2) is 0 Å². The first-order valence-corrected chi connectivity index (χ1v) is 4.21. The predicted octanol–water partition coefficient (Wildman–Crippen LogP) is 1.17. The first-order chi connectivity index (χ1) is 4.75. The Morgan fingerprint density at radius 2 is 2.60 bits per heavy atom. The molecule has 0 radical (unpaired) electrons. The summed E-state index contributed by atoms with van der Waals surface area (Å²) >= 11 is 3.29. The zero-order chi connectivity index (χ0) is 7.56. The molecular formula is C7H10BrNO. The van der Waals surface area contributed by atoms with E-state index in [9.17, 15) is 4.79 Å². The van der Waals surface area contributed by atoms with E-state index in [-0.39, 0.29) is 10.7 Å². The van der Waals surface area contributed by atoms with E-state index < -0.39 is 0 Å². The molecule has 56 valence electrons. The van der Waals surface area contributed by atoms with Crippen LogP contribution in [0.2, 0.25) is 0 Å². The third-order valence-electron chi connectivity index (χ3n) is 1.58. The van der Waals surface area contributed by atoms with Crippen molar-refractivity contribution < 1.29 is 4.79 Å². The van der Waals surface area contributed by atoms with Gasteiger partial charge in [0.2, 0.25) is 5.91 Å². The van der Waals surface area contributed by atoms with Gasteiger partial charge < -0.3 is 4.90 Å². The van der Waals surface area contributed by atoms with Crippen LogP contribution in [0.3, 0.4) is 0 Å². The van der Waals surface area contributed by atoms with E-state index >= 15 is 0 Å². The first-order valence-electron chi connectivity index (χ1n) is 3.29. The molecule has 1 heterocycles. The number of halogens is 1. The third kappa shape index (κ3) is 1.40. The van der Waals surface area contributed by atoms with Crippen LogP contribution in [0.5, 0.6) is 0 Å². The van der Waals surface area contributed by atoms with Crippen LogP contribution in [0.15, 0.2) is 12.7 Å². The molecule has 1 atom stereocenters. The first kappa shape index (κ1) is 7.79. The SMILES string of the molecule is C=CCN1CCC(Br)C1=O. The van der Waals surface area contributed by atoms with Gasteiger partial charge in [-0.1, -0.05) is 22.0 Å². The van der Waals surface area contributed by atoms with Gasteiger partial charge in [0, 0.05) is 13.1 Å². The Bertz CT molecular complexity index is 158. The van der Waals surface area contributed by atoms with Gasteiger partial charge in [-0.15, -0.1) is 6.58 Å². The Morgan fingerprint density at radius 1 is 1.90 bits per heavy atom. The highest BCUT2D eigenvalue weighted by molar-refractivity contribution is 9.10. The van der Waals surface area contributed by atoms with Gasteiger partial charge in [0.1, 0.15) is 0 Å². The lowest BCUT2D eigenvalue weighted by Crippen LogP contribution is -2.27. The van der Waals surface area contributed by atoms with E-state index in [1.165, 1.54) is 0 Å². The number of carbonyl (C=O) groups is 1. The standard InChI is InChI=1S/C7H10BrNO/c1-2-4-9-5-3-6(8)7(9)10/h2,6H,1,3-5H2. The molecule has 3 heteroatoms. The van der Waals surface area contributed by atoms with Crippen LogP contribution < -0.4 is 0 Å². The molecule has 0 spiro atoms. The summed E-state index contributed by atoms with van der Waals surface area (Å²) < 4.78 is 0. The monoisotopic (exact) mass is 203 g/mol. The van der Waals surface area contributed by atoms with Gasteiger partial charge in [0.15, 0.2) is 0 Å². The van der Waals surface area contributed by atoms with Crippen LogP contribution in [0.4, 0.5) is 0 Å². The molecule has 2 nitrogen and oxygen atoms in total. The highest BCUT2D eigenvalue weighted by atomic mass is 79.9. The zero-order valence-electron chi connectivity index (χ0n) is 5.72. The van der Waals surface area contributed by atoms with Crippen LogP contribution in [0, 0.1) is 0 Å². The van der Waals surface area contributed by atoms with Gasteiger partial charge in [0.05, 0.1) is 4.83 Å². The molecule has 0 saturated carbocycles. The fraction of sp³-hybridized carbons (Fsp3) is 0.571. The van der Waals surface area contributed by atoms with Gasteiger partial charge in [0.25, 0.3) is 0 Å². The Balaban J connectivity index is 2.48.